The fraction of sp³-hybridized carbons (Fsp3) is 0.588. The number of amides is 1. The Morgan fingerprint density at radius 2 is 2.14 bits per heavy atom. The van der Waals surface area contributed by atoms with E-state index < -0.39 is 0 Å². The van der Waals surface area contributed by atoms with Crippen LogP contribution < -0.4 is 0 Å². The van der Waals surface area contributed by atoms with Gasteiger partial charge in [-0.15, -0.1) is 0 Å². The number of carbonyl (C=O) groups excluding carboxylic acids is 1. The lowest BCUT2D eigenvalue weighted by molar-refractivity contribution is 0.0781. The molecule has 0 bridgehead atoms. The van der Waals surface area contributed by atoms with Crippen LogP contribution >= 0.6 is 0 Å². The monoisotopic (exact) mass is 307 g/mol. The predicted molar refractivity (Wildman–Crippen MR) is 79.9 cm³/mol. The van der Waals surface area contributed by atoms with Crippen molar-refractivity contribution in [3.63, 3.8) is 0 Å². The normalized spacial score (nSPS) is 21.4. The van der Waals surface area contributed by atoms with Gasteiger partial charge in [-0.3, -0.25) is 4.79 Å². The first-order chi connectivity index (χ1) is 10.7. The van der Waals surface area contributed by atoms with Gasteiger partial charge >= 0.3 is 0 Å². The van der Waals surface area contributed by atoms with Crippen molar-refractivity contribution in [3.8, 4) is 0 Å². The largest absolute Gasteiger partial charge is 0.396 e. The SMILES string of the molecule is O=C(c1ccc(F)c(COCC2CC2)c1)N1CCC(CO)C1. The van der Waals surface area contributed by atoms with Crippen molar-refractivity contribution in [2.24, 2.45) is 11.8 Å². The molecule has 1 aromatic carbocycles. The lowest BCUT2D eigenvalue weighted by Crippen LogP contribution is -2.29. The molecule has 1 saturated heterocycles. The second kappa shape index (κ2) is 6.75. The minimum atomic E-state index is -0.331. The second-order valence-corrected chi connectivity index (χ2v) is 6.35. The third-order valence-corrected chi connectivity index (χ3v) is 4.43. The van der Waals surface area contributed by atoms with Crippen LogP contribution in [0.2, 0.25) is 0 Å². The molecule has 3 rings (SSSR count). The first-order valence-corrected chi connectivity index (χ1v) is 7.93. The Morgan fingerprint density at radius 3 is 2.82 bits per heavy atom. The molecular weight excluding hydrogens is 285 g/mol. The minimum Gasteiger partial charge on any atom is -0.396 e. The summed E-state index contributed by atoms with van der Waals surface area (Å²) in [6, 6.07) is 4.45. The van der Waals surface area contributed by atoms with E-state index in [4.69, 9.17) is 9.84 Å². The van der Waals surface area contributed by atoms with Gasteiger partial charge in [-0.05, 0) is 43.4 Å². The zero-order valence-corrected chi connectivity index (χ0v) is 12.6. The maximum Gasteiger partial charge on any atom is 0.253 e. The average molecular weight is 307 g/mol. The van der Waals surface area contributed by atoms with E-state index in [-0.39, 0.29) is 30.9 Å². The molecule has 2 aliphatic rings. The Bertz CT molecular complexity index is 545. The predicted octanol–water partition coefficient (Wildman–Crippen LogP) is 2.21. The Balaban J connectivity index is 1.63. The minimum absolute atomic E-state index is 0.0978. The fourth-order valence-electron chi connectivity index (χ4n) is 2.79. The zero-order chi connectivity index (χ0) is 15.5. The van der Waals surface area contributed by atoms with Crippen molar-refractivity contribution in [1.82, 2.24) is 4.90 Å². The van der Waals surface area contributed by atoms with Gasteiger partial charge in [0.2, 0.25) is 0 Å². The second-order valence-electron chi connectivity index (χ2n) is 6.35. The van der Waals surface area contributed by atoms with Gasteiger partial charge < -0.3 is 14.7 Å². The van der Waals surface area contributed by atoms with Gasteiger partial charge in [0, 0.05) is 43.3 Å². The third-order valence-electron chi connectivity index (χ3n) is 4.43. The van der Waals surface area contributed by atoms with Crippen LogP contribution in [-0.2, 0) is 11.3 Å². The summed E-state index contributed by atoms with van der Waals surface area (Å²) in [7, 11) is 0. The molecule has 1 saturated carbocycles. The van der Waals surface area contributed by atoms with Gasteiger partial charge in [-0.1, -0.05) is 0 Å². The molecule has 5 heteroatoms. The van der Waals surface area contributed by atoms with E-state index in [9.17, 15) is 9.18 Å². The number of hydrogen-bond donors (Lipinski definition) is 1. The van der Waals surface area contributed by atoms with Crippen LogP contribution in [0.25, 0.3) is 0 Å². The number of nitrogens with zero attached hydrogens (tertiary/aromatic N) is 1. The van der Waals surface area contributed by atoms with Crippen molar-refractivity contribution in [1.29, 1.82) is 0 Å². The third kappa shape index (κ3) is 3.65. The highest BCUT2D eigenvalue weighted by atomic mass is 19.1. The summed E-state index contributed by atoms with van der Waals surface area (Å²) in [4.78, 5) is 14.2. The maximum atomic E-state index is 13.8. The van der Waals surface area contributed by atoms with E-state index in [0.29, 0.717) is 36.7 Å². The molecule has 1 amide bonds. The average Bonchev–Trinajstić information content (AvgIpc) is 3.22. The summed E-state index contributed by atoms with van der Waals surface area (Å²) in [5.74, 6) is 0.361. The first-order valence-electron chi connectivity index (χ1n) is 7.93. The molecule has 1 unspecified atom stereocenters. The van der Waals surface area contributed by atoms with Crippen LogP contribution in [-0.4, -0.2) is 42.2 Å². The van der Waals surface area contributed by atoms with E-state index in [1.165, 1.54) is 25.0 Å². The lowest BCUT2D eigenvalue weighted by Gasteiger charge is -2.17. The summed E-state index contributed by atoms with van der Waals surface area (Å²) < 4.78 is 19.4. The molecule has 120 valence electrons. The summed E-state index contributed by atoms with van der Waals surface area (Å²) in [6.45, 7) is 2.20. The van der Waals surface area contributed by atoms with Gasteiger partial charge in [0.25, 0.3) is 5.91 Å². The summed E-state index contributed by atoms with van der Waals surface area (Å²) in [5, 5.41) is 9.16. The topological polar surface area (TPSA) is 49.8 Å². The molecule has 0 radical (unpaired) electrons. The number of hydrogen-bond acceptors (Lipinski definition) is 3. The van der Waals surface area contributed by atoms with Crippen LogP contribution in [0.1, 0.15) is 35.2 Å². The summed E-state index contributed by atoms with van der Waals surface area (Å²) in [5.41, 5.74) is 0.925. The molecular formula is C17H22FNO3. The molecule has 1 aromatic rings. The van der Waals surface area contributed by atoms with E-state index in [2.05, 4.69) is 0 Å². The van der Waals surface area contributed by atoms with Crippen molar-refractivity contribution < 1.29 is 19.0 Å². The Hall–Kier alpha value is -1.46. The molecule has 1 aliphatic heterocycles. The number of aliphatic hydroxyl groups excluding tert-OH is 1. The Morgan fingerprint density at radius 1 is 1.32 bits per heavy atom. The van der Waals surface area contributed by atoms with Crippen molar-refractivity contribution in [2.45, 2.75) is 25.9 Å². The van der Waals surface area contributed by atoms with Crippen LogP contribution in [0.5, 0.6) is 0 Å². The van der Waals surface area contributed by atoms with E-state index >= 15 is 0 Å². The number of aliphatic hydroxyl groups is 1. The van der Waals surface area contributed by atoms with Gasteiger partial charge in [-0.25, -0.2) is 4.39 Å². The van der Waals surface area contributed by atoms with Crippen LogP contribution in [0.4, 0.5) is 4.39 Å². The number of benzene rings is 1. The van der Waals surface area contributed by atoms with Crippen molar-refractivity contribution >= 4 is 5.91 Å². The van der Waals surface area contributed by atoms with Gasteiger partial charge in [-0.2, -0.15) is 0 Å². The quantitative estimate of drug-likeness (QED) is 0.876. The molecule has 0 aromatic heterocycles. The molecule has 1 heterocycles. The van der Waals surface area contributed by atoms with Crippen molar-refractivity contribution in [2.75, 3.05) is 26.3 Å². The standard InChI is InChI=1S/C17H22FNO3/c18-16-4-3-14(7-15(16)11-22-10-12-1-2-12)17(21)19-6-5-13(8-19)9-20/h3-4,7,12-13,20H,1-2,5-6,8-11H2. The highest BCUT2D eigenvalue weighted by molar-refractivity contribution is 5.94. The van der Waals surface area contributed by atoms with E-state index in [1.54, 1.807) is 11.0 Å². The fourth-order valence-corrected chi connectivity index (χ4v) is 2.79. The maximum absolute atomic E-state index is 13.8. The van der Waals surface area contributed by atoms with E-state index in [0.717, 1.165) is 6.42 Å². The number of ether oxygens (including phenoxy) is 1. The Kier molecular flexibility index (Phi) is 4.74. The molecule has 2 fully saturated rings. The van der Waals surface area contributed by atoms with Crippen LogP contribution in [0.15, 0.2) is 18.2 Å². The van der Waals surface area contributed by atoms with E-state index in [1.807, 2.05) is 0 Å². The van der Waals surface area contributed by atoms with Crippen LogP contribution in [0.3, 0.4) is 0 Å². The highest BCUT2D eigenvalue weighted by Gasteiger charge is 2.27. The number of rotatable bonds is 6. The highest BCUT2D eigenvalue weighted by Crippen LogP contribution is 2.29. The van der Waals surface area contributed by atoms with Crippen LogP contribution in [0, 0.1) is 17.7 Å². The summed E-state index contributed by atoms with van der Waals surface area (Å²) >= 11 is 0. The number of carbonyl (C=O) groups is 1. The first kappa shape index (κ1) is 15.4. The van der Waals surface area contributed by atoms with Gasteiger partial charge in [0.15, 0.2) is 0 Å². The van der Waals surface area contributed by atoms with Gasteiger partial charge in [0.1, 0.15) is 5.82 Å². The summed E-state index contributed by atoms with van der Waals surface area (Å²) in [6.07, 6.45) is 3.21. The van der Waals surface area contributed by atoms with Gasteiger partial charge in [0.05, 0.1) is 6.61 Å². The Labute approximate surface area is 129 Å². The number of likely N-dealkylation sites (tertiary alicyclic amines) is 1. The molecule has 1 aliphatic carbocycles. The molecule has 1 atom stereocenters. The van der Waals surface area contributed by atoms with Crippen molar-refractivity contribution in [3.05, 3.63) is 35.1 Å². The molecule has 1 N–H and O–H groups in total. The molecule has 4 nitrogen and oxygen atoms in total. The lowest BCUT2D eigenvalue weighted by atomic mass is 10.1. The number of halogens is 1. The zero-order valence-electron chi connectivity index (χ0n) is 12.6. The molecule has 22 heavy (non-hydrogen) atoms. The smallest absolute Gasteiger partial charge is 0.253 e. The molecule has 0 spiro atoms.